The molecule has 0 aliphatic carbocycles. The molecule has 2 aromatic carbocycles. The minimum atomic E-state index is -0.529. The second kappa shape index (κ2) is 11.0. The van der Waals surface area contributed by atoms with Gasteiger partial charge in [0, 0.05) is 4.90 Å². The number of aryl methyl sites for hydroxylation is 1. The van der Waals surface area contributed by atoms with Crippen LogP contribution in [-0.2, 0) is 19.1 Å². The third-order valence-electron chi connectivity index (χ3n) is 3.46. The summed E-state index contributed by atoms with van der Waals surface area (Å²) in [5, 5.41) is 2.66. The van der Waals surface area contributed by atoms with E-state index in [0.29, 0.717) is 16.3 Å². The van der Waals surface area contributed by atoms with Crippen LogP contribution in [0.1, 0.15) is 12.0 Å². The molecule has 0 unspecified atom stereocenters. The molecule has 148 valence electrons. The quantitative estimate of drug-likeness (QED) is 0.467. The number of benzene rings is 2. The number of ether oxygens (including phenoxy) is 2. The molecule has 2 aromatic rings. The number of amides is 2. The van der Waals surface area contributed by atoms with Crippen LogP contribution in [0.3, 0.4) is 0 Å². The van der Waals surface area contributed by atoms with Gasteiger partial charge in [-0.3, -0.25) is 14.4 Å². The molecule has 8 heteroatoms. The highest BCUT2D eigenvalue weighted by Crippen LogP contribution is 2.26. The molecule has 3 N–H and O–H groups in total. The van der Waals surface area contributed by atoms with E-state index < -0.39 is 24.4 Å². The van der Waals surface area contributed by atoms with Crippen molar-refractivity contribution in [1.82, 2.24) is 0 Å². The topological polar surface area (TPSA) is 108 Å². The highest BCUT2D eigenvalue weighted by molar-refractivity contribution is 8.00. The zero-order valence-corrected chi connectivity index (χ0v) is 16.3. The molecular formula is C20H22N2O5S. The molecular weight excluding hydrogens is 380 g/mol. The van der Waals surface area contributed by atoms with Crippen LogP contribution in [0.2, 0.25) is 0 Å². The molecule has 0 spiro atoms. The van der Waals surface area contributed by atoms with E-state index in [9.17, 15) is 14.4 Å². The number of para-hydroxylation sites is 1. The predicted molar refractivity (Wildman–Crippen MR) is 107 cm³/mol. The Bertz CT molecular complexity index is 841. The van der Waals surface area contributed by atoms with Crippen molar-refractivity contribution in [2.45, 2.75) is 18.2 Å². The van der Waals surface area contributed by atoms with Crippen LogP contribution in [0.4, 0.5) is 5.69 Å². The second-order valence-corrected chi connectivity index (χ2v) is 6.89. The number of thioether (sulfide) groups is 1. The summed E-state index contributed by atoms with van der Waals surface area (Å²) < 4.78 is 10.4. The maximum Gasteiger partial charge on any atom is 0.309 e. The summed E-state index contributed by atoms with van der Waals surface area (Å²) in [5.74, 6) is -0.675. The van der Waals surface area contributed by atoms with Crippen molar-refractivity contribution in [2.24, 2.45) is 5.73 Å². The monoisotopic (exact) mass is 402 g/mol. The van der Waals surface area contributed by atoms with E-state index in [2.05, 4.69) is 5.32 Å². The number of hydrogen-bond acceptors (Lipinski definition) is 6. The van der Waals surface area contributed by atoms with Gasteiger partial charge in [-0.2, -0.15) is 0 Å². The number of esters is 1. The lowest BCUT2D eigenvalue weighted by atomic mass is 10.2. The highest BCUT2D eigenvalue weighted by atomic mass is 32.2. The fourth-order valence-electron chi connectivity index (χ4n) is 2.21. The van der Waals surface area contributed by atoms with Gasteiger partial charge in [0.1, 0.15) is 5.75 Å². The third-order valence-corrected chi connectivity index (χ3v) is 4.56. The van der Waals surface area contributed by atoms with Crippen LogP contribution in [-0.4, -0.2) is 36.8 Å². The number of primary amides is 1. The van der Waals surface area contributed by atoms with Gasteiger partial charge in [0.25, 0.3) is 5.91 Å². The molecule has 2 amide bonds. The zero-order valence-electron chi connectivity index (χ0n) is 15.5. The molecule has 0 aliphatic rings. The number of nitrogens with two attached hydrogens (primary N) is 1. The molecule has 0 radical (unpaired) electrons. The van der Waals surface area contributed by atoms with Crippen molar-refractivity contribution in [2.75, 3.05) is 24.3 Å². The van der Waals surface area contributed by atoms with Gasteiger partial charge in [-0.1, -0.05) is 24.3 Å². The number of anilines is 1. The van der Waals surface area contributed by atoms with Crippen molar-refractivity contribution in [3.05, 3.63) is 54.1 Å². The Hall–Kier alpha value is -3.00. The first kappa shape index (κ1) is 21.3. The number of carbonyl (C=O) groups is 3. The smallest absolute Gasteiger partial charge is 0.309 e. The first-order valence-electron chi connectivity index (χ1n) is 8.59. The lowest BCUT2D eigenvalue weighted by Crippen LogP contribution is -2.22. The molecule has 0 saturated carbocycles. The maximum absolute atomic E-state index is 12.0. The van der Waals surface area contributed by atoms with Gasteiger partial charge >= 0.3 is 5.97 Å². The minimum absolute atomic E-state index is 0.0340. The lowest BCUT2D eigenvalue weighted by Gasteiger charge is -2.11. The van der Waals surface area contributed by atoms with E-state index in [1.165, 1.54) is 11.8 Å². The first-order valence-corrected chi connectivity index (χ1v) is 9.57. The molecule has 0 atom stereocenters. The molecule has 0 heterocycles. The summed E-state index contributed by atoms with van der Waals surface area (Å²) in [6.45, 7) is 1.71. The number of hydrogen-bond donors (Lipinski definition) is 2. The van der Waals surface area contributed by atoms with E-state index in [-0.39, 0.29) is 18.8 Å². The highest BCUT2D eigenvalue weighted by Gasteiger charge is 2.11. The Kier molecular flexibility index (Phi) is 8.36. The van der Waals surface area contributed by atoms with Crippen LogP contribution in [0, 0.1) is 6.92 Å². The van der Waals surface area contributed by atoms with Gasteiger partial charge in [0.2, 0.25) is 5.91 Å². The number of nitrogens with one attached hydrogen (secondary N) is 1. The molecule has 0 bridgehead atoms. The zero-order chi connectivity index (χ0) is 20.4. The van der Waals surface area contributed by atoms with Crippen LogP contribution < -0.4 is 15.8 Å². The Morgan fingerprint density at radius 2 is 1.89 bits per heavy atom. The summed E-state index contributed by atoms with van der Waals surface area (Å²) in [5.41, 5.74) is 6.73. The van der Waals surface area contributed by atoms with Crippen LogP contribution >= 0.6 is 11.8 Å². The Morgan fingerprint density at radius 3 is 2.64 bits per heavy atom. The van der Waals surface area contributed by atoms with Crippen molar-refractivity contribution in [1.29, 1.82) is 0 Å². The van der Waals surface area contributed by atoms with Gasteiger partial charge in [-0.05, 0) is 36.8 Å². The third kappa shape index (κ3) is 7.71. The minimum Gasteiger partial charge on any atom is -0.493 e. The normalized spacial score (nSPS) is 10.2. The fourth-order valence-corrected chi connectivity index (χ4v) is 2.95. The van der Waals surface area contributed by atoms with E-state index in [0.717, 1.165) is 5.56 Å². The molecule has 0 aromatic heterocycles. The Labute approximate surface area is 167 Å². The Balaban J connectivity index is 1.73. The maximum atomic E-state index is 12.0. The molecule has 7 nitrogen and oxygen atoms in total. The van der Waals surface area contributed by atoms with Crippen LogP contribution in [0.5, 0.6) is 5.75 Å². The molecule has 0 fully saturated rings. The van der Waals surface area contributed by atoms with Crippen molar-refractivity contribution >= 4 is 35.2 Å². The second-order valence-electron chi connectivity index (χ2n) is 5.87. The van der Waals surface area contributed by atoms with Crippen molar-refractivity contribution in [3.8, 4) is 5.75 Å². The average Bonchev–Trinajstić information content (AvgIpc) is 2.66. The molecule has 0 saturated heterocycles. The van der Waals surface area contributed by atoms with E-state index >= 15 is 0 Å². The summed E-state index contributed by atoms with van der Waals surface area (Å²) in [4.78, 5) is 35.4. The van der Waals surface area contributed by atoms with Gasteiger partial charge in [0.05, 0.1) is 24.5 Å². The molecule has 2 rings (SSSR count). The lowest BCUT2D eigenvalue weighted by molar-refractivity contribution is -0.147. The Morgan fingerprint density at radius 1 is 1.11 bits per heavy atom. The van der Waals surface area contributed by atoms with E-state index in [1.807, 2.05) is 25.1 Å². The summed E-state index contributed by atoms with van der Waals surface area (Å²) in [6, 6.07) is 14.5. The SMILES string of the molecule is Cc1cccc(OCCC(=O)OCC(=O)Nc2ccccc2SCC(N)=O)c1. The van der Waals surface area contributed by atoms with Gasteiger partial charge in [-0.15, -0.1) is 11.8 Å². The van der Waals surface area contributed by atoms with Gasteiger partial charge in [-0.25, -0.2) is 0 Å². The number of carbonyl (C=O) groups excluding carboxylic acids is 3. The van der Waals surface area contributed by atoms with Crippen molar-refractivity contribution in [3.63, 3.8) is 0 Å². The molecule has 28 heavy (non-hydrogen) atoms. The van der Waals surface area contributed by atoms with E-state index in [4.69, 9.17) is 15.2 Å². The van der Waals surface area contributed by atoms with Crippen LogP contribution in [0.25, 0.3) is 0 Å². The summed E-state index contributed by atoms with van der Waals surface area (Å²) in [6.07, 6.45) is 0.0340. The standard InChI is InChI=1S/C20H22N2O5S/c1-14-5-4-6-15(11-14)26-10-9-20(25)27-12-19(24)22-16-7-2-3-8-17(16)28-13-18(21)23/h2-8,11H,9-10,12-13H2,1H3,(H2,21,23)(H,22,24). The van der Waals surface area contributed by atoms with Crippen molar-refractivity contribution < 1.29 is 23.9 Å². The summed E-state index contributed by atoms with van der Waals surface area (Å²) in [7, 11) is 0. The first-order chi connectivity index (χ1) is 13.4. The largest absolute Gasteiger partial charge is 0.493 e. The average molecular weight is 402 g/mol. The van der Waals surface area contributed by atoms with Crippen LogP contribution in [0.15, 0.2) is 53.4 Å². The van der Waals surface area contributed by atoms with Gasteiger partial charge in [0.15, 0.2) is 6.61 Å². The van der Waals surface area contributed by atoms with E-state index in [1.54, 1.807) is 30.3 Å². The predicted octanol–water partition coefficient (Wildman–Crippen LogP) is 2.52. The fraction of sp³-hybridized carbons (Fsp3) is 0.250. The molecule has 0 aliphatic heterocycles. The number of rotatable bonds is 10. The summed E-state index contributed by atoms with van der Waals surface area (Å²) >= 11 is 1.22. The van der Waals surface area contributed by atoms with Gasteiger partial charge < -0.3 is 20.5 Å².